The largest absolute Gasteiger partial charge is 0.486 e. The van der Waals surface area contributed by atoms with Gasteiger partial charge in [-0.05, 0) is 30.7 Å². The fraction of sp³-hybridized carbons (Fsp3) is 0.294. The molecular weight excluding hydrogens is 296 g/mol. The molecule has 0 fully saturated rings. The number of nitrogens with zero attached hydrogens (tertiary/aromatic N) is 1. The number of amides is 1. The minimum Gasteiger partial charge on any atom is -0.486 e. The van der Waals surface area contributed by atoms with Gasteiger partial charge in [0.1, 0.15) is 13.2 Å². The number of benzene rings is 1. The van der Waals surface area contributed by atoms with E-state index in [1.807, 2.05) is 25.1 Å². The van der Waals surface area contributed by atoms with Crippen molar-refractivity contribution in [1.29, 1.82) is 0 Å². The van der Waals surface area contributed by atoms with Crippen molar-refractivity contribution in [2.24, 2.45) is 7.05 Å². The molecule has 23 heavy (non-hydrogen) atoms. The first kappa shape index (κ1) is 15.1. The highest BCUT2D eigenvalue weighted by Crippen LogP contribution is 2.32. The van der Waals surface area contributed by atoms with Gasteiger partial charge in [0, 0.05) is 19.3 Å². The smallest absolute Gasteiger partial charge is 0.253 e. The van der Waals surface area contributed by atoms with Crippen LogP contribution in [0.4, 0.5) is 0 Å². The summed E-state index contributed by atoms with van der Waals surface area (Å²) in [5.74, 6) is 1.18. The van der Waals surface area contributed by atoms with Crippen LogP contribution in [-0.2, 0) is 7.05 Å². The number of fused-ring (bicyclic) bond motifs is 1. The number of carbonyl (C=O) groups is 1. The first-order chi connectivity index (χ1) is 11.0. The molecule has 6 nitrogen and oxygen atoms in total. The van der Waals surface area contributed by atoms with Gasteiger partial charge in [-0.2, -0.15) is 0 Å². The Kier molecular flexibility index (Phi) is 4.06. The third-order valence-corrected chi connectivity index (χ3v) is 3.76. The van der Waals surface area contributed by atoms with Crippen LogP contribution in [-0.4, -0.2) is 23.7 Å². The SMILES string of the molecule is C[C@H](NC(=O)c1ccc(=O)n(C)c1)c1ccc2c(c1)OCCO2. The summed E-state index contributed by atoms with van der Waals surface area (Å²) >= 11 is 0. The van der Waals surface area contributed by atoms with E-state index < -0.39 is 0 Å². The minimum atomic E-state index is -0.233. The number of ether oxygens (including phenoxy) is 2. The Hall–Kier alpha value is -2.76. The van der Waals surface area contributed by atoms with Crippen molar-refractivity contribution in [3.8, 4) is 11.5 Å². The van der Waals surface area contributed by atoms with Gasteiger partial charge in [-0.1, -0.05) is 6.07 Å². The van der Waals surface area contributed by atoms with Crippen molar-refractivity contribution in [1.82, 2.24) is 9.88 Å². The number of aryl methyl sites for hydroxylation is 1. The van der Waals surface area contributed by atoms with E-state index in [2.05, 4.69) is 5.32 Å². The Morgan fingerprint density at radius 1 is 1.17 bits per heavy atom. The number of rotatable bonds is 3. The number of pyridine rings is 1. The second-order valence-corrected chi connectivity index (χ2v) is 5.47. The van der Waals surface area contributed by atoms with Crippen LogP contribution in [0.5, 0.6) is 11.5 Å². The maximum absolute atomic E-state index is 12.3. The quantitative estimate of drug-likeness (QED) is 0.935. The summed E-state index contributed by atoms with van der Waals surface area (Å²) in [6.45, 7) is 2.96. The van der Waals surface area contributed by atoms with Gasteiger partial charge in [-0.3, -0.25) is 9.59 Å². The molecule has 1 aliphatic rings. The average molecular weight is 314 g/mol. The van der Waals surface area contributed by atoms with Gasteiger partial charge in [0.05, 0.1) is 11.6 Å². The Morgan fingerprint density at radius 2 is 1.91 bits per heavy atom. The predicted molar refractivity (Wildman–Crippen MR) is 85.0 cm³/mol. The van der Waals surface area contributed by atoms with Crippen molar-refractivity contribution >= 4 is 5.91 Å². The molecule has 0 spiro atoms. The molecule has 1 N–H and O–H groups in total. The van der Waals surface area contributed by atoms with Gasteiger partial charge in [0.15, 0.2) is 11.5 Å². The number of carbonyl (C=O) groups excluding carboxylic acids is 1. The summed E-state index contributed by atoms with van der Waals surface area (Å²) < 4.78 is 12.4. The fourth-order valence-electron chi connectivity index (χ4n) is 2.42. The van der Waals surface area contributed by atoms with Gasteiger partial charge in [-0.15, -0.1) is 0 Å². The highest BCUT2D eigenvalue weighted by Gasteiger charge is 2.16. The molecule has 1 aromatic heterocycles. The van der Waals surface area contributed by atoms with Gasteiger partial charge >= 0.3 is 0 Å². The molecule has 0 bridgehead atoms. The lowest BCUT2D eigenvalue weighted by Gasteiger charge is -2.21. The lowest BCUT2D eigenvalue weighted by molar-refractivity contribution is 0.0939. The van der Waals surface area contributed by atoms with E-state index >= 15 is 0 Å². The van der Waals surface area contributed by atoms with E-state index in [1.54, 1.807) is 7.05 Å². The average Bonchev–Trinajstić information content (AvgIpc) is 2.56. The second kappa shape index (κ2) is 6.16. The van der Waals surface area contributed by atoms with Crippen molar-refractivity contribution in [3.63, 3.8) is 0 Å². The van der Waals surface area contributed by atoms with E-state index in [1.165, 1.54) is 22.9 Å². The van der Waals surface area contributed by atoms with Gasteiger partial charge in [0.25, 0.3) is 5.91 Å². The maximum Gasteiger partial charge on any atom is 0.253 e. The summed E-state index contributed by atoms with van der Waals surface area (Å²) in [5, 5.41) is 2.92. The van der Waals surface area contributed by atoms with Crippen LogP contribution in [0, 0.1) is 0 Å². The lowest BCUT2D eigenvalue weighted by atomic mass is 10.1. The number of nitrogens with one attached hydrogen (secondary N) is 1. The number of hydrogen-bond acceptors (Lipinski definition) is 4. The molecule has 0 saturated heterocycles. The molecule has 1 aliphatic heterocycles. The second-order valence-electron chi connectivity index (χ2n) is 5.47. The minimum absolute atomic E-state index is 0.151. The van der Waals surface area contributed by atoms with E-state index in [9.17, 15) is 9.59 Å². The van der Waals surface area contributed by atoms with Crippen molar-refractivity contribution in [3.05, 3.63) is 58.0 Å². The first-order valence-electron chi connectivity index (χ1n) is 7.41. The molecule has 2 heterocycles. The zero-order valence-electron chi connectivity index (χ0n) is 13.0. The molecule has 2 aromatic rings. The Balaban J connectivity index is 1.75. The van der Waals surface area contributed by atoms with E-state index in [4.69, 9.17) is 9.47 Å². The zero-order chi connectivity index (χ0) is 16.4. The Labute approximate surface area is 133 Å². The molecule has 1 atom stereocenters. The van der Waals surface area contributed by atoms with Crippen LogP contribution in [0.2, 0.25) is 0 Å². The Bertz CT molecular complexity index is 797. The summed E-state index contributed by atoms with van der Waals surface area (Å²) in [6.07, 6.45) is 1.52. The monoisotopic (exact) mass is 314 g/mol. The molecular formula is C17H18N2O4. The summed E-state index contributed by atoms with van der Waals surface area (Å²) in [4.78, 5) is 23.7. The zero-order valence-corrected chi connectivity index (χ0v) is 13.0. The van der Waals surface area contributed by atoms with Gasteiger partial charge in [-0.25, -0.2) is 0 Å². The maximum atomic E-state index is 12.3. The van der Waals surface area contributed by atoms with E-state index in [0.717, 1.165) is 11.3 Å². The molecule has 6 heteroatoms. The van der Waals surface area contributed by atoms with E-state index in [-0.39, 0.29) is 17.5 Å². The normalized spacial score (nSPS) is 14.2. The van der Waals surface area contributed by atoms with Gasteiger partial charge < -0.3 is 19.4 Å². The summed E-state index contributed by atoms with van der Waals surface area (Å²) in [7, 11) is 1.61. The van der Waals surface area contributed by atoms with Crippen LogP contribution in [0.3, 0.4) is 0 Å². The van der Waals surface area contributed by atoms with Crippen molar-refractivity contribution in [2.75, 3.05) is 13.2 Å². The highest BCUT2D eigenvalue weighted by molar-refractivity contribution is 5.94. The van der Waals surface area contributed by atoms with Crippen LogP contribution < -0.4 is 20.3 Å². The lowest BCUT2D eigenvalue weighted by Crippen LogP contribution is -2.28. The van der Waals surface area contributed by atoms with Gasteiger partial charge in [0.2, 0.25) is 5.56 Å². The van der Waals surface area contributed by atoms with Crippen LogP contribution in [0.25, 0.3) is 0 Å². The molecule has 1 amide bonds. The third-order valence-electron chi connectivity index (χ3n) is 3.76. The van der Waals surface area contributed by atoms with E-state index in [0.29, 0.717) is 24.5 Å². The highest BCUT2D eigenvalue weighted by atomic mass is 16.6. The molecule has 120 valence electrons. The van der Waals surface area contributed by atoms with Crippen molar-refractivity contribution in [2.45, 2.75) is 13.0 Å². The predicted octanol–water partition coefficient (Wildman–Crippen LogP) is 1.65. The third kappa shape index (κ3) is 3.21. The molecule has 0 unspecified atom stereocenters. The molecule has 0 saturated carbocycles. The summed E-state index contributed by atoms with van der Waals surface area (Å²) in [5.41, 5.74) is 1.21. The van der Waals surface area contributed by atoms with Crippen LogP contribution >= 0.6 is 0 Å². The fourth-order valence-corrected chi connectivity index (χ4v) is 2.42. The molecule has 0 radical (unpaired) electrons. The van der Waals surface area contributed by atoms with Crippen molar-refractivity contribution < 1.29 is 14.3 Å². The molecule has 1 aromatic carbocycles. The van der Waals surface area contributed by atoms with Crippen LogP contribution in [0.15, 0.2) is 41.3 Å². The topological polar surface area (TPSA) is 69.6 Å². The van der Waals surface area contributed by atoms with Crippen LogP contribution in [0.1, 0.15) is 28.9 Å². The number of hydrogen-bond donors (Lipinski definition) is 1. The Morgan fingerprint density at radius 3 is 2.65 bits per heavy atom. The number of aromatic nitrogens is 1. The summed E-state index contributed by atoms with van der Waals surface area (Å²) in [6, 6.07) is 8.33. The molecule has 3 rings (SSSR count). The first-order valence-corrected chi connectivity index (χ1v) is 7.41. The standard InChI is InChI=1S/C17H18N2O4/c1-11(12-3-5-14-15(9-12)23-8-7-22-14)18-17(21)13-4-6-16(20)19(2)10-13/h3-6,9-11H,7-8H2,1-2H3,(H,18,21)/t11-/m0/s1. The molecule has 0 aliphatic carbocycles.